The van der Waals surface area contributed by atoms with Crippen LogP contribution in [0, 0.1) is 0 Å². The SMILES string of the molecule is CCCCN(c1cnc(C(C)C)nc1CNC)C(C)CC. The van der Waals surface area contributed by atoms with Crippen LogP contribution in [0.25, 0.3) is 0 Å². The molecule has 0 radical (unpaired) electrons. The molecule has 0 spiro atoms. The quantitative estimate of drug-likeness (QED) is 0.753. The van der Waals surface area contributed by atoms with Gasteiger partial charge in [-0.05, 0) is 26.8 Å². The summed E-state index contributed by atoms with van der Waals surface area (Å²) in [5.74, 6) is 1.30. The molecule has 120 valence electrons. The molecule has 21 heavy (non-hydrogen) atoms. The standard InChI is InChI=1S/C17H32N4/c1-7-9-10-21(14(5)8-2)16-12-19-17(13(3)4)20-15(16)11-18-6/h12-14,18H,7-11H2,1-6H3. The van der Waals surface area contributed by atoms with E-state index in [4.69, 9.17) is 4.98 Å². The number of anilines is 1. The van der Waals surface area contributed by atoms with Crippen LogP contribution in [0.4, 0.5) is 5.69 Å². The number of hydrogen-bond donors (Lipinski definition) is 1. The van der Waals surface area contributed by atoms with E-state index in [0.717, 1.165) is 31.0 Å². The lowest BCUT2D eigenvalue weighted by molar-refractivity contribution is 0.587. The van der Waals surface area contributed by atoms with Crippen molar-refractivity contribution in [1.82, 2.24) is 15.3 Å². The van der Waals surface area contributed by atoms with E-state index in [1.54, 1.807) is 0 Å². The summed E-state index contributed by atoms with van der Waals surface area (Å²) in [4.78, 5) is 11.9. The Hall–Kier alpha value is -1.16. The molecule has 1 atom stereocenters. The van der Waals surface area contributed by atoms with Crippen LogP contribution in [0.15, 0.2) is 6.20 Å². The van der Waals surface area contributed by atoms with Crippen LogP contribution in [0.5, 0.6) is 0 Å². The van der Waals surface area contributed by atoms with Crippen molar-refractivity contribution in [3.63, 3.8) is 0 Å². The molecule has 0 aliphatic carbocycles. The number of unbranched alkanes of at least 4 members (excludes halogenated alkanes) is 1. The van der Waals surface area contributed by atoms with Gasteiger partial charge in [0.15, 0.2) is 0 Å². The van der Waals surface area contributed by atoms with Gasteiger partial charge in [-0.1, -0.05) is 34.1 Å². The monoisotopic (exact) mass is 292 g/mol. The number of rotatable bonds is 9. The minimum Gasteiger partial charge on any atom is -0.366 e. The molecule has 0 fully saturated rings. The maximum absolute atomic E-state index is 4.79. The van der Waals surface area contributed by atoms with Crippen molar-refractivity contribution in [3.05, 3.63) is 17.7 Å². The van der Waals surface area contributed by atoms with Gasteiger partial charge in [-0.3, -0.25) is 0 Å². The number of nitrogens with zero attached hydrogens (tertiary/aromatic N) is 3. The van der Waals surface area contributed by atoms with E-state index in [1.807, 2.05) is 13.2 Å². The molecule has 1 unspecified atom stereocenters. The van der Waals surface area contributed by atoms with Crippen LogP contribution in [-0.4, -0.2) is 29.6 Å². The smallest absolute Gasteiger partial charge is 0.131 e. The fourth-order valence-electron chi connectivity index (χ4n) is 2.37. The van der Waals surface area contributed by atoms with Gasteiger partial charge in [0.05, 0.1) is 17.6 Å². The van der Waals surface area contributed by atoms with Crippen molar-refractivity contribution in [2.45, 2.75) is 72.4 Å². The molecule has 1 heterocycles. The average molecular weight is 292 g/mol. The molecule has 4 heteroatoms. The van der Waals surface area contributed by atoms with E-state index < -0.39 is 0 Å². The zero-order valence-corrected chi connectivity index (χ0v) is 14.6. The second-order valence-electron chi connectivity index (χ2n) is 6.05. The lowest BCUT2D eigenvalue weighted by Crippen LogP contribution is -2.35. The fraction of sp³-hybridized carbons (Fsp3) is 0.765. The third-order valence-electron chi connectivity index (χ3n) is 3.91. The summed E-state index contributed by atoms with van der Waals surface area (Å²) >= 11 is 0. The normalized spacial score (nSPS) is 12.7. The van der Waals surface area contributed by atoms with Crippen LogP contribution in [-0.2, 0) is 6.54 Å². The Bertz CT molecular complexity index is 417. The summed E-state index contributed by atoms with van der Waals surface area (Å²) in [6.45, 7) is 12.9. The molecule has 0 bridgehead atoms. The molecule has 1 aromatic rings. The first-order valence-electron chi connectivity index (χ1n) is 8.32. The van der Waals surface area contributed by atoms with Gasteiger partial charge >= 0.3 is 0 Å². The summed E-state index contributed by atoms with van der Waals surface area (Å²) in [5.41, 5.74) is 2.31. The lowest BCUT2D eigenvalue weighted by Gasteiger charge is -2.32. The van der Waals surface area contributed by atoms with E-state index in [1.165, 1.54) is 18.5 Å². The summed E-state index contributed by atoms with van der Waals surface area (Å²) in [7, 11) is 1.97. The molecule has 0 aromatic carbocycles. The number of hydrogen-bond acceptors (Lipinski definition) is 4. The van der Waals surface area contributed by atoms with Gasteiger partial charge in [0.25, 0.3) is 0 Å². The Morgan fingerprint density at radius 3 is 2.48 bits per heavy atom. The van der Waals surface area contributed by atoms with Gasteiger partial charge in [-0.15, -0.1) is 0 Å². The Balaban J connectivity index is 3.15. The van der Waals surface area contributed by atoms with Gasteiger partial charge in [-0.25, -0.2) is 9.97 Å². The van der Waals surface area contributed by atoms with Gasteiger partial charge in [-0.2, -0.15) is 0 Å². The summed E-state index contributed by atoms with van der Waals surface area (Å²) in [6, 6.07) is 0.514. The molecular formula is C17H32N4. The summed E-state index contributed by atoms with van der Waals surface area (Å²) in [5, 5.41) is 3.24. The number of nitrogens with one attached hydrogen (secondary N) is 1. The van der Waals surface area contributed by atoms with Crippen molar-refractivity contribution >= 4 is 5.69 Å². The van der Waals surface area contributed by atoms with Crippen LogP contribution < -0.4 is 10.2 Å². The predicted octanol–water partition coefficient (Wildman–Crippen LogP) is 3.72. The molecule has 1 N–H and O–H groups in total. The second-order valence-corrected chi connectivity index (χ2v) is 6.05. The molecule has 0 saturated heterocycles. The van der Waals surface area contributed by atoms with Crippen LogP contribution >= 0.6 is 0 Å². The van der Waals surface area contributed by atoms with E-state index in [0.29, 0.717) is 12.0 Å². The second kappa shape index (κ2) is 8.98. The molecule has 0 aliphatic heterocycles. The van der Waals surface area contributed by atoms with Crippen molar-refractivity contribution in [2.75, 3.05) is 18.5 Å². The van der Waals surface area contributed by atoms with E-state index in [-0.39, 0.29) is 0 Å². The Morgan fingerprint density at radius 2 is 1.95 bits per heavy atom. The molecule has 1 rings (SSSR count). The zero-order chi connectivity index (χ0) is 15.8. The maximum atomic E-state index is 4.79. The molecule has 4 nitrogen and oxygen atoms in total. The molecule has 0 amide bonds. The summed E-state index contributed by atoms with van der Waals surface area (Å²) < 4.78 is 0. The van der Waals surface area contributed by atoms with Crippen molar-refractivity contribution in [2.24, 2.45) is 0 Å². The minimum atomic E-state index is 0.363. The Labute approximate surface area is 130 Å². The topological polar surface area (TPSA) is 41.1 Å². The highest BCUT2D eigenvalue weighted by molar-refractivity contribution is 5.50. The maximum Gasteiger partial charge on any atom is 0.131 e. The van der Waals surface area contributed by atoms with Gasteiger partial charge in [0.1, 0.15) is 5.82 Å². The molecule has 0 aliphatic rings. The zero-order valence-electron chi connectivity index (χ0n) is 14.6. The number of aromatic nitrogens is 2. The van der Waals surface area contributed by atoms with Crippen molar-refractivity contribution in [3.8, 4) is 0 Å². The Kier molecular flexibility index (Phi) is 7.65. The third kappa shape index (κ3) is 4.95. The highest BCUT2D eigenvalue weighted by atomic mass is 15.2. The van der Waals surface area contributed by atoms with Crippen molar-refractivity contribution < 1.29 is 0 Å². The first-order chi connectivity index (χ1) is 10.0. The highest BCUT2D eigenvalue weighted by Gasteiger charge is 2.18. The van der Waals surface area contributed by atoms with Gasteiger partial charge < -0.3 is 10.2 Å². The summed E-state index contributed by atoms with van der Waals surface area (Å²) in [6.07, 6.45) is 5.57. The largest absolute Gasteiger partial charge is 0.366 e. The van der Waals surface area contributed by atoms with E-state index in [2.05, 4.69) is 49.8 Å². The molecule has 1 aromatic heterocycles. The minimum absolute atomic E-state index is 0.363. The van der Waals surface area contributed by atoms with Gasteiger partial charge in [0, 0.05) is 25.0 Å². The van der Waals surface area contributed by atoms with Crippen molar-refractivity contribution in [1.29, 1.82) is 0 Å². The first-order valence-corrected chi connectivity index (χ1v) is 8.32. The van der Waals surface area contributed by atoms with Crippen LogP contribution in [0.1, 0.15) is 71.3 Å². The van der Waals surface area contributed by atoms with Crippen LogP contribution in [0.3, 0.4) is 0 Å². The molecule has 0 saturated carbocycles. The fourth-order valence-corrected chi connectivity index (χ4v) is 2.37. The van der Waals surface area contributed by atoms with Gasteiger partial charge in [0.2, 0.25) is 0 Å². The highest BCUT2D eigenvalue weighted by Crippen LogP contribution is 2.24. The van der Waals surface area contributed by atoms with E-state index in [9.17, 15) is 0 Å². The first kappa shape index (κ1) is 17.9. The lowest BCUT2D eigenvalue weighted by atomic mass is 10.1. The van der Waals surface area contributed by atoms with Crippen LogP contribution in [0.2, 0.25) is 0 Å². The third-order valence-corrected chi connectivity index (χ3v) is 3.91. The molecular weight excluding hydrogens is 260 g/mol. The van der Waals surface area contributed by atoms with E-state index >= 15 is 0 Å². The average Bonchev–Trinajstić information content (AvgIpc) is 2.48. The Morgan fingerprint density at radius 1 is 1.24 bits per heavy atom. The predicted molar refractivity (Wildman–Crippen MR) is 90.9 cm³/mol.